The molecule has 2 aliphatic rings. The van der Waals surface area contributed by atoms with Crippen LogP contribution < -0.4 is 5.32 Å². The van der Waals surface area contributed by atoms with Gasteiger partial charge in [-0.3, -0.25) is 4.90 Å². The van der Waals surface area contributed by atoms with E-state index in [1.54, 1.807) is 0 Å². The van der Waals surface area contributed by atoms with Gasteiger partial charge in [0.05, 0.1) is 0 Å². The van der Waals surface area contributed by atoms with E-state index in [0.717, 1.165) is 27.8 Å². The number of benzene rings is 3. The first-order valence-corrected chi connectivity index (χ1v) is 12.2. The number of carbonyl (C=O) groups excluding carboxylic acids is 1. The van der Waals surface area contributed by atoms with Crippen LogP contribution in [-0.4, -0.2) is 47.3 Å². The molecule has 1 amide bonds. The molecule has 180 valence electrons. The van der Waals surface area contributed by atoms with Crippen LogP contribution in [0, 0.1) is 0 Å². The Hall–Kier alpha value is -3.35. The maximum absolute atomic E-state index is 12.8. The van der Waals surface area contributed by atoms with Crippen LogP contribution in [0.5, 0.6) is 0 Å². The molecular weight excluding hydrogens is 464 g/mol. The molecule has 3 aromatic rings. The highest BCUT2D eigenvalue weighted by atomic mass is 35.5. The van der Waals surface area contributed by atoms with Gasteiger partial charge in [-0.2, -0.15) is 0 Å². The molecule has 1 saturated heterocycles. The van der Waals surface area contributed by atoms with Crippen LogP contribution in [0.4, 0.5) is 4.79 Å². The number of nitrogens with zero attached hydrogens (tertiary/aromatic N) is 1. The second-order valence-electron chi connectivity index (χ2n) is 9.21. The van der Waals surface area contributed by atoms with Crippen molar-refractivity contribution in [2.45, 2.75) is 30.8 Å². The fourth-order valence-electron chi connectivity index (χ4n) is 5.18. The average Bonchev–Trinajstić information content (AvgIpc) is 3.19. The van der Waals surface area contributed by atoms with E-state index in [4.69, 9.17) is 16.3 Å². The molecule has 0 unspecified atom stereocenters. The number of carboxylic acids is 1. The minimum absolute atomic E-state index is 0.0774. The van der Waals surface area contributed by atoms with Crippen LogP contribution >= 0.6 is 11.6 Å². The molecule has 1 aliphatic carbocycles. The first-order valence-electron chi connectivity index (χ1n) is 11.8. The summed E-state index contributed by atoms with van der Waals surface area (Å²) in [5, 5.41) is 13.4. The molecule has 5 rings (SSSR count). The minimum Gasteiger partial charge on any atom is -0.480 e. The van der Waals surface area contributed by atoms with Crippen molar-refractivity contribution in [1.29, 1.82) is 0 Å². The Bertz CT molecular complexity index is 1210. The van der Waals surface area contributed by atoms with Crippen molar-refractivity contribution in [3.63, 3.8) is 0 Å². The molecule has 0 radical (unpaired) electrons. The fraction of sp³-hybridized carbons (Fsp3) is 0.286. The Morgan fingerprint density at radius 1 is 0.943 bits per heavy atom. The largest absolute Gasteiger partial charge is 0.480 e. The average molecular weight is 491 g/mol. The highest BCUT2D eigenvalue weighted by Gasteiger charge is 2.43. The number of fused-ring (bicyclic) bond motifs is 3. The van der Waals surface area contributed by atoms with Crippen LogP contribution in [0.15, 0.2) is 72.8 Å². The Morgan fingerprint density at radius 3 is 2.11 bits per heavy atom. The lowest BCUT2D eigenvalue weighted by Gasteiger charge is -2.39. The van der Waals surface area contributed by atoms with E-state index in [0.29, 0.717) is 24.7 Å². The summed E-state index contributed by atoms with van der Waals surface area (Å²) in [5.74, 6) is -1.12. The number of rotatable bonds is 6. The van der Waals surface area contributed by atoms with Gasteiger partial charge >= 0.3 is 12.1 Å². The van der Waals surface area contributed by atoms with Gasteiger partial charge in [-0.15, -0.1) is 0 Å². The van der Waals surface area contributed by atoms with Gasteiger partial charge in [0, 0.05) is 30.6 Å². The number of carbonyl (C=O) groups is 2. The predicted octanol–water partition coefficient (Wildman–Crippen LogP) is 5.30. The summed E-state index contributed by atoms with van der Waals surface area (Å²) in [7, 11) is 0. The molecule has 1 heterocycles. The monoisotopic (exact) mass is 490 g/mol. The van der Waals surface area contributed by atoms with Gasteiger partial charge in [-0.05, 0) is 46.7 Å². The molecule has 0 saturated carbocycles. The summed E-state index contributed by atoms with van der Waals surface area (Å²) in [6, 6.07) is 23.8. The maximum atomic E-state index is 12.8. The summed E-state index contributed by atoms with van der Waals surface area (Å²) in [4.78, 5) is 27.2. The van der Waals surface area contributed by atoms with Gasteiger partial charge in [0.25, 0.3) is 0 Å². The summed E-state index contributed by atoms with van der Waals surface area (Å²) in [5.41, 5.74) is 4.17. The zero-order chi connectivity index (χ0) is 24.4. The van der Waals surface area contributed by atoms with Gasteiger partial charge in [0.1, 0.15) is 12.1 Å². The van der Waals surface area contributed by atoms with Crippen molar-refractivity contribution in [3.8, 4) is 11.1 Å². The van der Waals surface area contributed by atoms with Crippen LogP contribution in [0.3, 0.4) is 0 Å². The normalized spacial score (nSPS) is 16.8. The van der Waals surface area contributed by atoms with E-state index < -0.39 is 17.6 Å². The van der Waals surface area contributed by atoms with Crippen molar-refractivity contribution < 1.29 is 19.4 Å². The van der Waals surface area contributed by atoms with Gasteiger partial charge in [-0.25, -0.2) is 9.59 Å². The molecule has 6 nitrogen and oxygen atoms in total. The lowest BCUT2D eigenvalue weighted by Crippen LogP contribution is -2.60. The molecule has 35 heavy (non-hydrogen) atoms. The molecule has 0 bridgehead atoms. The molecule has 3 aromatic carbocycles. The lowest BCUT2D eigenvalue weighted by atomic mass is 9.87. The maximum Gasteiger partial charge on any atom is 0.408 e. The quantitative estimate of drug-likeness (QED) is 0.490. The zero-order valence-electron chi connectivity index (χ0n) is 19.2. The Kier molecular flexibility index (Phi) is 6.50. The second kappa shape index (κ2) is 9.72. The van der Waals surface area contributed by atoms with Crippen LogP contribution in [-0.2, 0) is 16.1 Å². The summed E-state index contributed by atoms with van der Waals surface area (Å²) in [6.07, 6.45) is -0.123. The topological polar surface area (TPSA) is 78.9 Å². The van der Waals surface area contributed by atoms with Crippen molar-refractivity contribution in [2.75, 3.05) is 19.7 Å². The molecular formula is C28H27ClN2O4. The van der Waals surface area contributed by atoms with E-state index >= 15 is 0 Å². The number of alkyl carbamates (subject to hydrolysis) is 1. The molecule has 0 aromatic heterocycles. The standard InChI is InChI=1S/C28H27ClN2O4/c29-25-12-6-1-7-19(25)17-31-15-13-28(14-16-31,26(32)33)30-27(34)35-18-24-22-10-4-2-8-20(22)21-9-3-5-11-23(21)24/h1-12,24H,13-18H2,(H,30,34)(H,32,33). The summed E-state index contributed by atoms with van der Waals surface area (Å²) >= 11 is 6.28. The first kappa shape index (κ1) is 23.4. The fourth-order valence-corrected chi connectivity index (χ4v) is 5.38. The number of likely N-dealkylation sites (tertiary alicyclic amines) is 1. The van der Waals surface area contributed by atoms with Crippen LogP contribution in [0.1, 0.15) is 35.4 Å². The van der Waals surface area contributed by atoms with Gasteiger partial charge in [0.2, 0.25) is 0 Å². The number of piperidine rings is 1. The third-order valence-electron chi connectivity index (χ3n) is 7.16. The van der Waals surface area contributed by atoms with Crippen LogP contribution in [0.2, 0.25) is 5.02 Å². The summed E-state index contributed by atoms with van der Waals surface area (Å²) in [6.45, 7) is 1.84. The molecule has 7 heteroatoms. The third-order valence-corrected chi connectivity index (χ3v) is 7.52. The Morgan fingerprint density at radius 2 is 1.51 bits per heavy atom. The van der Waals surface area contributed by atoms with E-state index in [2.05, 4.69) is 34.5 Å². The van der Waals surface area contributed by atoms with Gasteiger partial charge < -0.3 is 15.2 Å². The van der Waals surface area contributed by atoms with E-state index in [-0.39, 0.29) is 25.4 Å². The van der Waals surface area contributed by atoms with E-state index in [1.807, 2.05) is 48.5 Å². The highest BCUT2D eigenvalue weighted by molar-refractivity contribution is 6.31. The number of aliphatic carboxylic acids is 1. The number of hydrogen-bond acceptors (Lipinski definition) is 4. The summed E-state index contributed by atoms with van der Waals surface area (Å²) < 4.78 is 5.61. The smallest absolute Gasteiger partial charge is 0.408 e. The van der Waals surface area contributed by atoms with Crippen molar-refractivity contribution in [2.24, 2.45) is 0 Å². The van der Waals surface area contributed by atoms with Gasteiger partial charge in [-0.1, -0.05) is 78.3 Å². The predicted molar refractivity (Wildman–Crippen MR) is 135 cm³/mol. The van der Waals surface area contributed by atoms with Crippen molar-refractivity contribution in [1.82, 2.24) is 10.2 Å². The molecule has 1 fully saturated rings. The van der Waals surface area contributed by atoms with E-state index in [9.17, 15) is 14.7 Å². The van der Waals surface area contributed by atoms with E-state index in [1.165, 1.54) is 0 Å². The van der Waals surface area contributed by atoms with Crippen molar-refractivity contribution in [3.05, 3.63) is 94.5 Å². The lowest BCUT2D eigenvalue weighted by molar-refractivity contribution is -0.147. The van der Waals surface area contributed by atoms with Gasteiger partial charge in [0.15, 0.2) is 0 Å². The number of amides is 1. The molecule has 0 spiro atoms. The number of halogens is 1. The third kappa shape index (κ3) is 4.64. The number of hydrogen-bond donors (Lipinski definition) is 2. The van der Waals surface area contributed by atoms with Crippen molar-refractivity contribution >= 4 is 23.7 Å². The number of ether oxygens (including phenoxy) is 1. The highest BCUT2D eigenvalue weighted by Crippen LogP contribution is 2.44. The Balaban J connectivity index is 1.22. The minimum atomic E-state index is -1.35. The number of carboxylic acid groups (broad SMARTS) is 1. The van der Waals surface area contributed by atoms with Crippen LogP contribution in [0.25, 0.3) is 11.1 Å². The molecule has 2 N–H and O–H groups in total. The zero-order valence-corrected chi connectivity index (χ0v) is 20.0. The Labute approximate surface area is 209 Å². The molecule has 0 atom stereocenters. The molecule has 1 aliphatic heterocycles. The SMILES string of the molecule is O=C(NC1(C(=O)O)CCN(Cc2ccccc2Cl)CC1)OCC1c2ccccc2-c2ccccc21. The first-order chi connectivity index (χ1) is 17.0. The second-order valence-corrected chi connectivity index (χ2v) is 9.61. The number of nitrogens with one attached hydrogen (secondary N) is 1.